The van der Waals surface area contributed by atoms with Crippen LogP contribution in [0.2, 0.25) is 0 Å². The van der Waals surface area contributed by atoms with Gasteiger partial charge in [-0.3, -0.25) is 14.6 Å². The lowest BCUT2D eigenvalue weighted by Gasteiger charge is -2.12. The summed E-state index contributed by atoms with van der Waals surface area (Å²) in [6.45, 7) is 4.42. The van der Waals surface area contributed by atoms with Crippen LogP contribution in [0.3, 0.4) is 0 Å². The van der Waals surface area contributed by atoms with E-state index in [0.717, 1.165) is 55.3 Å². The van der Waals surface area contributed by atoms with Crippen LogP contribution in [-0.2, 0) is 26.2 Å². The molecule has 0 aromatic carbocycles. The maximum absolute atomic E-state index is 5.48. The smallest absolute Gasteiger partial charge is 0.151 e. The van der Waals surface area contributed by atoms with Gasteiger partial charge in [0.05, 0.1) is 17.9 Å². The summed E-state index contributed by atoms with van der Waals surface area (Å²) in [5.74, 6) is 0.844. The molecule has 0 bridgehead atoms. The SMILES string of the molecule is CN(Cc1cc2n(n1)CCCNC2)Cc1cc(-c2ccncc2)no1. The minimum absolute atomic E-state index is 0.693. The molecule has 130 valence electrons. The number of fused-ring (bicyclic) bond motifs is 1. The maximum atomic E-state index is 5.48. The topological polar surface area (TPSA) is 72.0 Å². The molecule has 4 rings (SSSR count). The van der Waals surface area contributed by atoms with Gasteiger partial charge in [-0.05, 0) is 38.2 Å². The Hall–Kier alpha value is -2.51. The van der Waals surface area contributed by atoms with Gasteiger partial charge in [-0.1, -0.05) is 5.16 Å². The van der Waals surface area contributed by atoms with Crippen molar-refractivity contribution in [1.29, 1.82) is 0 Å². The van der Waals surface area contributed by atoms with Gasteiger partial charge < -0.3 is 9.84 Å². The van der Waals surface area contributed by atoms with E-state index in [1.165, 1.54) is 5.69 Å². The third-order valence-corrected chi connectivity index (χ3v) is 4.34. The van der Waals surface area contributed by atoms with E-state index in [1.807, 2.05) is 18.2 Å². The van der Waals surface area contributed by atoms with E-state index >= 15 is 0 Å². The summed E-state index contributed by atoms with van der Waals surface area (Å²) >= 11 is 0. The Morgan fingerprint density at radius 3 is 3.00 bits per heavy atom. The number of aryl methyl sites for hydroxylation is 1. The first-order valence-corrected chi connectivity index (χ1v) is 8.59. The highest BCUT2D eigenvalue weighted by Crippen LogP contribution is 2.19. The van der Waals surface area contributed by atoms with E-state index in [9.17, 15) is 0 Å². The van der Waals surface area contributed by atoms with Crippen molar-refractivity contribution in [2.75, 3.05) is 13.6 Å². The summed E-state index contributed by atoms with van der Waals surface area (Å²) in [5.41, 5.74) is 4.21. The summed E-state index contributed by atoms with van der Waals surface area (Å²) in [7, 11) is 2.07. The zero-order valence-corrected chi connectivity index (χ0v) is 14.4. The van der Waals surface area contributed by atoms with Crippen molar-refractivity contribution in [2.24, 2.45) is 0 Å². The van der Waals surface area contributed by atoms with Gasteiger partial charge in [0.15, 0.2) is 5.76 Å². The van der Waals surface area contributed by atoms with Gasteiger partial charge in [0, 0.05) is 43.7 Å². The molecule has 0 spiro atoms. The van der Waals surface area contributed by atoms with Crippen molar-refractivity contribution < 1.29 is 4.52 Å². The summed E-state index contributed by atoms with van der Waals surface area (Å²) in [6, 6.07) is 8.03. The first-order valence-electron chi connectivity index (χ1n) is 8.59. The van der Waals surface area contributed by atoms with Crippen molar-refractivity contribution in [3.63, 3.8) is 0 Å². The number of hydrogen-bond donors (Lipinski definition) is 1. The van der Waals surface area contributed by atoms with Gasteiger partial charge in [0.2, 0.25) is 0 Å². The van der Waals surface area contributed by atoms with Crippen LogP contribution >= 0.6 is 0 Å². The van der Waals surface area contributed by atoms with Crippen LogP contribution in [0, 0.1) is 0 Å². The fraction of sp³-hybridized carbons (Fsp3) is 0.389. The van der Waals surface area contributed by atoms with Crippen LogP contribution in [0.4, 0.5) is 0 Å². The minimum Gasteiger partial charge on any atom is -0.359 e. The molecule has 7 nitrogen and oxygen atoms in total. The third-order valence-electron chi connectivity index (χ3n) is 4.34. The molecule has 7 heteroatoms. The van der Waals surface area contributed by atoms with Crippen LogP contribution in [0.15, 0.2) is 41.2 Å². The number of rotatable bonds is 5. The van der Waals surface area contributed by atoms with Crippen molar-refractivity contribution in [1.82, 2.24) is 30.1 Å². The van der Waals surface area contributed by atoms with E-state index < -0.39 is 0 Å². The Bertz CT molecular complexity index is 802. The van der Waals surface area contributed by atoms with E-state index in [0.29, 0.717) is 6.54 Å². The maximum Gasteiger partial charge on any atom is 0.151 e. The second-order valence-electron chi connectivity index (χ2n) is 6.47. The molecule has 4 heterocycles. The summed E-state index contributed by atoms with van der Waals surface area (Å²) in [5, 5.41) is 12.3. The van der Waals surface area contributed by atoms with Crippen LogP contribution < -0.4 is 5.32 Å². The summed E-state index contributed by atoms with van der Waals surface area (Å²) < 4.78 is 7.60. The fourth-order valence-corrected chi connectivity index (χ4v) is 3.14. The Balaban J connectivity index is 1.39. The molecule has 1 N–H and O–H groups in total. The monoisotopic (exact) mass is 338 g/mol. The van der Waals surface area contributed by atoms with Crippen molar-refractivity contribution in [2.45, 2.75) is 32.6 Å². The van der Waals surface area contributed by atoms with E-state index in [4.69, 9.17) is 9.62 Å². The highest BCUT2D eigenvalue weighted by Gasteiger charge is 2.14. The minimum atomic E-state index is 0.693. The molecule has 3 aromatic rings. The van der Waals surface area contributed by atoms with E-state index in [2.05, 4.69) is 38.2 Å². The van der Waals surface area contributed by atoms with Gasteiger partial charge in [-0.15, -0.1) is 0 Å². The molecule has 0 radical (unpaired) electrons. The highest BCUT2D eigenvalue weighted by atomic mass is 16.5. The van der Waals surface area contributed by atoms with Gasteiger partial charge in [0.25, 0.3) is 0 Å². The molecule has 0 aliphatic carbocycles. The van der Waals surface area contributed by atoms with Crippen LogP contribution in [0.5, 0.6) is 0 Å². The zero-order chi connectivity index (χ0) is 17.1. The summed E-state index contributed by atoms with van der Waals surface area (Å²) in [6.07, 6.45) is 4.64. The van der Waals surface area contributed by atoms with E-state index in [1.54, 1.807) is 12.4 Å². The van der Waals surface area contributed by atoms with Gasteiger partial charge in [-0.25, -0.2) is 0 Å². The lowest BCUT2D eigenvalue weighted by atomic mass is 10.2. The molecular weight excluding hydrogens is 316 g/mol. The Morgan fingerprint density at radius 1 is 1.24 bits per heavy atom. The third kappa shape index (κ3) is 3.78. The highest BCUT2D eigenvalue weighted by molar-refractivity contribution is 5.57. The van der Waals surface area contributed by atoms with Gasteiger partial charge in [-0.2, -0.15) is 5.10 Å². The molecule has 1 aliphatic heterocycles. The molecule has 0 fully saturated rings. The Labute approximate surface area is 146 Å². The molecule has 3 aromatic heterocycles. The molecular formula is C18H22N6O. The lowest BCUT2D eigenvalue weighted by Crippen LogP contribution is -2.17. The average molecular weight is 338 g/mol. The number of nitrogens with one attached hydrogen (secondary N) is 1. The predicted octanol–water partition coefficient (Wildman–Crippen LogP) is 2.06. The van der Waals surface area contributed by atoms with Gasteiger partial charge in [0.1, 0.15) is 5.69 Å². The second-order valence-corrected chi connectivity index (χ2v) is 6.47. The van der Waals surface area contributed by atoms with Crippen molar-refractivity contribution in [3.05, 3.63) is 53.8 Å². The molecule has 1 aliphatic rings. The van der Waals surface area contributed by atoms with Gasteiger partial charge >= 0.3 is 0 Å². The quantitative estimate of drug-likeness (QED) is 0.768. The Morgan fingerprint density at radius 2 is 2.12 bits per heavy atom. The average Bonchev–Trinajstić information content (AvgIpc) is 3.17. The number of hydrogen-bond acceptors (Lipinski definition) is 6. The second kappa shape index (κ2) is 7.16. The predicted molar refractivity (Wildman–Crippen MR) is 93.5 cm³/mol. The largest absolute Gasteiger partial charge is 0.359 e. The standard InChI is InChI=1S/C18H22N6O/c1-23(12-15-9-16-11-20-5-2-8-24(16)21-15)13-17-10-18(22-25-17)14-3-6-19-7-4-14/h3-4,6-7,9-10,20H,2,5,8,11-13H2,1H3. The number of nitrogens with zero attached hydrogens (tertiary/aromatic N) is 5. The first kappa shape index (κ1) is 16.0. The van der Waals surface area contributed by atoms with E-state index in [-0.39, 0.29) is 0 Å². The molecule has 25 heavy (non-hydrogen) atoms. The fourth-order valence-electron chi connectivity index (χ4n) is 3.14. The number of aromatic nitrogens is 4. The molecule has 0 saturated heterocycles. The number of pyridine rings is 1. The van der Waals surface area contributed by atoms with Crippen LogP contribution in [-0.4, -0.2) is 38.4 Å². The molecule has 0 saturated carbocycles. The van der Waals surface area contributed by atoms with Crippen LogP contribution in [0.1, 0.15) is 23.6 Å². The van der Waals surface area contributed by atoms with Crippen molar-refractivity contribution in [3.8, 4) is 11.3 Å². The molecule has 0 amide bonds. The Kier molecular flexibility index (Phi) is 4.58. The van der Waals surface area contributed by atoms with Crippen LogP contribution in [0.25, 0.3) is 11.3 Å². The molecule has 0 unspecified atom stereocenters. The first-order chi connectivity index (χ1) is 12.3. The van der Waals surface area contributed by atoms with Crippen molar-refractivity contribution >= 4 is 0 Å². The normalized spacial score (nSPS) is 14.5. The lowest BCUT2D eigenvalue weighted by molar-refractivity contribution is 0.264. The summed E-state index contributed by atoms with van der Waals surface area (Å²) in [4.78, 5) is 6.21. The zero-order valence-electron chi connectivity index (χ0n) is 14.4. The molecule has 0 atom stereocenters.